The van der Waals surface area contributed by atoms with Crippen LogP contribution in [0.4, 0.5) is 5.95 Å². The number of aromatic nitrogens is 4. The lowest BCUT2D eigenvalue weighted by Crippen LogP contribution is -2.36. The first-order valence-corrected chi connectivity index (χ1v) is 7.97. The average molecular weight is 305 g/mol. The fourth-order valence-electron chi connectivity index (χ4n) is 3.27. The highest BCUT2D eigenvalue weighted by Gasteiger charge is 2.24. The first-order chi connectivity index (χ1) is 10.5. The molecule has 1 aliphatic rings. The second-order valence-electron chi connectivity index (χ2n) is 6.25. The fraction of sp³-hybridized carbons (Fsp3) is 0.667. The molecule has 22 heavy (non-hydrogen) atoms. The SMILES string of the molecule is CCCn1c(N2CCC[C@@H](C)C2)nc2c1c(=O)[nH]c(=O)n2C. The Morgan fingerprint density at radius 1 is 1.36 bits per heavy atom. The van der Waals surface area contributed by atoms with Crippen LogP contribution in [-0.2, 0) is 13.6 Å². The van der Waals surface area contributed by atoms with Crippen LogP contribution in [0.25, 0.3) is 11.2 Å². The molecule has 7 heteroatoms. The third-order valence-corrected chi connectivity index (χ3v) is 4.37. The molecule has 3 heterocycles. The molecule has 0 bridgehead atoms. The van der Waals surface area contributed by atoms with Crippen molar-refractivity contribution in [3.8, 4) is 0 Å². The molecule has 0 unspecified atom stereocenters. The largest absolute Gasteiger partial charge is 0.342 e. The summed E-state index contributed by atoms with van der Waals surface area (Å²) >= 11 is 0. The highest BCUT2D eigenvalue weighted by atomic mass is 16.2. The molecule has 0 aromatic carbocycles. The van der Waals surface area contributed by atoms with Crippen molar-refractivity contribution in [2.75, 3.05) is 18.0 Å². The molecule has 0 spiro atoms. The number of fused-ring (bicyclic) bond motifs is 1. The van der Waals surface area contributed by atoms with Gasteiger partial charge in [0.15, 0.2) is 11.2 Å². The molecule has 0 amide bonds. The Morgan fingerprint density at radius 3 is 2.82 bits per heavy atom. The number of aryl methyl sites for hydroxylation is 2. The molecule has 1 fully saturated rings. The number of imidazole rings is 1. The second kappa shape index (κ2) is 5.62. The molecule has 7 nitrogen and oxygen atoms in total. The Balaban J connectivity index is 2.23. The zero-order valence-electron chi connectivity index (χ0n) is 13.4. The van der Waals surface area contributed by atoms with Crippen LogP contribution in [-0.4, -0.2) is 32.2 Å². The maximum Gasteiger partial charge on any atom is 0.329 e. The number of nitrogens with one attached hydrogen (secondary N) is 1. The van der Waals surface area contributed by atoms with Gasteiger partial charge in [0.2, 0.25) is 5.95 Å². The standard InChI is InChI=1S/C15H23N5O2/c1-4-7-20-11-12(18(3)15(22)17-13(11)21)16-14(20)19-8-5-6-10(2)9-19/h10H,4-9H2,1-3H3,(H,17,21,22)/t10-/m1/s1. The van der Waals surface area contributed by atoms with Crippen LogP contribution in [0.3, 0.4) is 0 Å². The number of rotatable bonds is 3. The van der Waals surface area contributed by atoms with E-state index in [1.165, 1.54) is 11.0 Å². The molecular formula is C15H23N5O2. The Labute approximate surface area is 128 Å². The summed E-state index contributed by atoms with van der Waals surface area (Å²) in [6, 6.07) is 0. The summed E-state index contributed by atoms with van der Waals surface area (Å²) in [5.41, 5.74) is 0.195. The maximum absolute atomic E-state index is 12.3. The van der Waals surface area contributed by atoms with Crippen LogP contribution in [0.15, 0.2) is 9.59 Å². The van der Waals surface area contributed by atoms with E-state index < -0.39 is 5.69 Å². The normalized spacial score (nSPS) is 19.0. The van der Waals surface area contributed by atoms with Gasteiger partial charge < -0.3 is 9.47 Å². The van der Waals surface area contributed by atoms with Crippen molar-refractivity contribution in [3.05, 3.63) is 20.8 Å². The number of H-pyrrole nitrogens is 1. The minimum atomic E-state index is -0.419. The molecular weight excluding hydrogens is 282 g/mol. The highest BCUT2D eigenvalue weighted by molar-refractivity contribution is 5.74. The van der Waals surface area contributed by atoms with E-state index >= 15 is 0 Å². The van der Waals surface area contributed by atoms with Crippen molar-refractivity contribution in [2.45, 2.75) is 39.7 Å². The summed E-state index contributed by atoms with van der Waals surface area (Å²) in [6.45, 7) is 6.92. The molecule has 0 aliphatic carbocycles. The molecule has 120 valence electrons. The Bertz CT molecular complexity index is 801. The van der Waals surface area contributed by atoms with Crippen LogP contribution < -0.4 is 16.1 Å². The predicted molar refractivity (Wildman–Crippen MR) is 86.5 cm³/mol. The monoisotopic (exact) mass is 305 g/mol. The van der Waals surface area contributed by atoms with E-state index in [4.69, 9.17) is 0 Å². The Hall–Kier alpha value is -2.05. The number of aromatic amines is 1. The summed E-state index contributed by atoms with van der Waals surface area (Å²) in [4.78, 5) is 33.3. The molecule has 1 atom stereocenters. The lowest BCUT2D eigenvalue weighted by Gasteiger charge is -2.32. The number of hydrogen-bond acceptors (Lipinski definition) is 4. The van der Waals surface area contributed by atoms with Gasteiger partial charge in [-0.05, 0) is 25.2 Å². The van der Waals surface area contributed by atoms with Crippen LogP contribution in [0.5, 0.6) is 0 Å². The number of hydrogen-bond donors (Lipinski definition) is 1. The minimum absolute atomic E-state index is 0.352. The Kier molecular flexibility index (Phi) is 3.80. The van der Waals surface area contributed by atoms with Gasteiger partial charge in [0.1, 0.15) is 0 Å². The van der Waals surface area contributed by atoms with Crippen molar-refractivity contribution in [1.82, 2.24) is 19.1 Å². The van der Waals surface area contributed by atoms with Crippen molar-refractivity contribution in [3.63, 3.8) is 0 Å². The molecule has 2 aromatic heterocycles. The van der Waals surface area contributed by atoms with E-state index in [9.17, 15) is 9.59 Å². The summed E-state index contributed by atoms with van der Waals surface area (Å²) in [5, 5.41) is 0. The quantitative estimate of drug-likeness (QED) is 0.920. The third kappa shape index (κ3) is 2.34. The molecule has 3 rings (SSSR count). The van der Waals surface area contributed by atoms with Gasteiger partial charge in [-0.15, -0.1) is 0 Å². The van der Waals surface area contributed by atoms with Gasteiger partial charge in [-0.2, -0.15) is 4.98 Å². The van der Waals surface area contributed by atoms with Crippen LogP contribution in [0, 0.1) is 5.92 Å². The number of anilines is 1. The van der Waals surface area contributed by atoms with Crippen molar-refractivity contribution in [2.24, 2.45) is 13.0 Å². The number of nitrogens with zero attached hydrogens (tertiary/aromatic N) is 4. The smallest absolute Gasteiger partial charge is 0.329 e. The lowest BCUT2D eigenvalue weighted by atomic mass is 10.0. The molecule has 1 aliphatic heterocycles. The second-order valence-corrected chi connectivity index (χ2v) is 6.25. The lowest BCUT2D eigenvalue weighted by molar-refractivity contribution is 0.437. The van der Waals surface area contributed by atoms with Crippen molar-refractivity contribution in [1.29, 1.82) is 0 Å². The highest BCUT2D eigenvalue weighted by Crippen LogP contribution is 2.25. The van der Waals surface area contributed by atoms with E-state index in [2.05, 4.69) is 28.7 Å². The van der Waals surface area contributed by atoms with E-state index in [0.29, 0.717) is 17.1 Å². The molecule has 2 aromatic rings. The van der Waals surface area contributed by atoms with Crippen molar-refractivity contribution < 1.29 is 0 Å². The van der Waals surface area contributed by atoms with Gasteiger partial charge in [0.05, 0.1) is 0 Å². The van der Waals surface area contributed by atoms with Crippen molar-refractivity contribution >= 4 is 17.1 Å². The van der Waals surface area contributed by atoms with E-state index in [-0.39, 0.29) is 5.56 Å². The zero-order valence-corrected chi connectivity index (χ0v) is 13.4. The maximum atomic E-state index is 12.3. The van der Waals surface area contributed by atoms with Gasteiger partial charge in [0.25, 0.3) is 5.56 Å². The summed E-state index contributed by atoms with van der Waals surface area (Å²) in [7, 11) is 1.65. The predicted octanol–water partition coefficient (Wildman–Crippen LogP) is 1.07. The molecule has 1 saturated heterocycles. The molecule has 1 N–H and O–H groups in total. The summed E-state index contributed by atoms with van der Waals surface area (Å²) in [6.07, 6.45) is 3.26. The van der Waals surface area contributed by atoms with Gasteiger partial charge in [-0.3, -0.25) is 14.3 Å². The number of piperidine rings is 1. The van der Waals surface area contributed by atoms with Crippen LogP contribution >= 0.6 is 0 Å². The topological polar surface area (TPSA) is 75.9 Å². The van der Waals surface area contributed by atoms with E-state index in [0.717, 1.165) is 38.4 Å². The summed E-state index contributed by atoms with van der Waals surface area (Å²) < 4.78 is 3.38. The Morgan fingerprint density at radius 2 is 2.14 bits per heavy atom. The van der Waals surface area contributed by atoms with Crippen LogP contribution in [0.2, 0.25) is 0 Å². The zero-order chi connectivity index (χ0) is 15.9. The molecule has 0 radical (unpaired) electrons. The summed E-state index contributed by atoms with van der Waals surface area (Å²) in [5.74, 6) is 1.43. The van der Waals surface area contributed by atoms with Crippen LogP contribution in [0.1, 0.15) is 33.1 Å². The van der Waals surface area contributed by atoms with E-state index in [1.54, 1.807) is 7.05 Å². The van der Waals surface area contributed by atoms with Gasteiger partial charge in [-0.1, -0.05) is 13.8 Å². The first-order valence-electron chi connectivity index (χ1n) is 7.97. The van der Waals surface area contributed by atoms with E-state index in [1.807, 2.05) is 4.57 Å². The minimum Gasteiger partial charge on any atom is -0.342 e. The average Bonchev–Trinajstić information content (AvgIpc) is 2.85. The first kappa shape index (κ1) is 14.9. The molecule has 0 saturated carbocycles. The third-order valence-electron chi connectivity index (χ3n) is 4.37. The fourth-order valence-corrected chi connectivity index (χ4v) is 3.27. The van der Waals surface area contributed by atoms with Gasteiger partial charge in [-0.25, -0.2) is 4.79 Å². The van der Waals surface area contributed by atoms with Gasteiger partial charge >= 0.3 is 5.69 Å². The van der Waals surface area contributed by atoms with Gasteiger partial charge in [0, 0.05) is 26.7 Å².